The highest BCUT2D eigenvalue weighted by atomic mass is 32.2. The minimum Gasteiger partial charge on any atom is -0.452 e. The third-order valence-corrected chi connectivity index (χ3v) is 6.17. The summed E-state index contributed by atoms with van der Waals surface area (Å²) >= 11 is 0. The van der Waals surface area contributed by atoms with Crippen LogP contribution in [-0.4, -0.2) is 44.9 Å². The van der Waals surface area contributed by atoms with E-state index >= 15 is 0 Å². The van der Waals surface area contributed by atoms with Gasteiger partial charge >= 0.3 is 5.97 Å². The number of sulfonamides is 1. The van der Waals surface area contributed by atoms with E-state index in [9.17, 15) is 18.0 Å². The van der Waals surface area contributed by atoms with E-state index in [-0.39, 0.29) is 29.5 Å². The molecular formula is C22H26N2O5S. The van der Waals surface area contributed by atoms with Crippen LogP contribution in [0.3, 0.4) is 0 Å². The van der Waals surface area contributed by atoms with Crippen molar-refractivity contribution in [3.63, 3.8) is 0 Å². The van der Waals surface area contributed by atoms with Crippen molar-refractivity contribution in [2.75, 3.05) is 24.4 Å². The number of nitrogens with one attached hydrogen (secondary N) is 1. The van der Waals surface area contributed by atoms with E-state index in [4.69, 9.17) is 4.74 Å². The van der Waals surface area contributed by atoms with E-state index in [1.165, 1.54) is 12.1 Å². The molecule has 1 N–H and O–H groups in total. The van der Waals surface area contributed by atoms with Gasteiger partial charge in [0.25, 0.3) is 5.91 Å². The molecule has 0 radical (unpaired) electrons. The molecule has 7 nitrogen and oxygen atoms in total. The van der Waals surface area contributed by atoms with Crippen LogP contribution >= 0.6 is 0 Å². The number of benzene rings is 2. The summed E-state index contributed by atoms with van der Waals surface area (Å²) in [5.74, 6) is -0.614. The minimum atomic E-state index is -3.64. The van der Waals surface area contributed by atoms with E-state index in [1.807, 2.05) is 6.07 Å². The summed E-state index contributed by atoms with van der Waals surface area (Å²) in [5.41, 5.74) is 1.09. The molecular weight excluding hydrogens is 404 g/mol. The standard InChI is InChI=1S/C22H26N2O5S/c1-17-7-6-12-24(14-17)21(25)15-29-22(26)19-10-5-11-20(13-19)23-30(27,28)16-18-8-3-2-4-9-18/h2-5,8-11,13,17,23H,6-7,12,14-16H2,1H3. The van der Waals surface area contributed by atoms with Gasteiger partial charge in [-0.05, 0) is 42.5 Å². The average Bonchev–Trinajstić information content (AvgIpc) is 2.72. The molecule has 1 aliphatic heterocycles. The molecule has 1 heterocycles. The Labute approximate surface area is 177 Å². The van der Waals surface area contributed by atoms with Gasteiger partial charge in [0.05, 0.1) is 11.3 Å². The number of esters is 1. The Morgan fingerprint density at radius 1 is 1.13 bits per heavy atom. The maximum absolute atomic E-state index is 12.4. The highest BCUT2D eigenvalue weighted by molar-refractivity contribution is 7.91. The number of carbonyl (C=O) groups excluding carboxylic acids is 2. The molecule has 2 aromatic rings. The Morgan fingerprint density at radius 3 is 2.63 bits per heavy atom. The Bertz CT molecular complexity index is 992. The molecule has 0 saturated carbocycles. The van der Waals surface area contributed by atoms with Gasteiger partial charge in [0, 0.05) is 18.8 Å². The van der Waals surface area contributed by atoms with Crippen LogP contribution in [0.4, 0.5) is 5.69 Å². The summed E-state index contributed by atoms with van der Waals surface area (Å²) in [6.45, 7) is 3.12. The van der Waals surface area contributed by atoms with Crippen molar-refractivity contribution >= 4 is 27.6 Å². The molecule has 8 heteroatoms. The summed E-state index contributed by atoms with van der Waals surface area (Å²) in [5, 5.41) is 0. The van der Waals surface area contributed by atoms with E-state index in [2.05, 4.69) is 11.6 Å². The smallest absolute Gasteiger partial charge is 0.338 e. The first-order valence-corrected chi connectivity index (χ1v) is 11.6. The lowest BCUT2D eigenvalue weighted by atomic mass is 10.0. The van der Waals surface area contributed by atoms with E-state index < -0.39 is 16.0 Å². The SMILES string of the molecule is CC1CCCN(C(=O)COC(=O)c2cccc(NS(=O)(=O)Cc3ccccc3)c2)C1. The number of hydrogen-bond donors (Lipinski definition) is 1. The summed E-state index contributed by atoms with van der Waals surface area (Å²) in [6, 6.07) is 14.9. The van der Waals surface area contributed by atoms with Crippen LogP contribution in [0.5, 0.6) is 0 Å². The van der Waals surface area contributed by atoms with E-state index in [1.54, 1.807) is 41.3 Å². The topological polar surface area (TPSA) is 92.8 Å². The molecule has 160 valence electrons. The average molecular weight is 431 g/mol. The molecule has 1 aliphatic rings. The van der Waals surface area contributed by atoms with Gasteiger partial charge in [-0.2, -0.15) is 0 Å². The van der Waals surface area contributed by atoms with E-state index in [0.717, 1.165) is 12.8 Å². The van der Waals surface area contributed by atoms with Crippen LogP contribution in [0, 0.1) is 5.92 Å². The van der Waals surface area contributed by atoms with E-state index in [0.29, 0.717) is 24.6 Å². The summed E-state index contributed by atoms with van der Waals surface area (Å²) < 4.78 is 32.4. The molecule has 0 bridgehead atoms. The number of ether oxygens (including phenoxy) is 1. The molecule has 2 aromatic carbocycles. The fourth-order valence-corrected chi connectivity index (χ4v) is 4.63. The maximum Gasteiger partial charge on any atom is 0.338 e. The Morgan fingerprint density at radius 2 is 1.90 bits per heavy atom. The number of piperidine rings is 1. The number of anilines is 1. The van der Waals surface area contributed by atoms with Crippen molar-refractivity contribution in [2.45, 2.75) is 25.5 Å². The molecule has 30 heavy (non-hydrogen) atoms. The Hall–Kier alpha value is -2.87. The number of hydrogen-bond acceptors (Lipinski definition) is 5. The second kappa shape index (κ2) is 9.75. The molecule has 0 aliphatic carbocycles. The number of rotatable bonds is 7. The third-order valence-electron chi connectivity index (χ3n) is 4.91. The summed E-state index contributed by atoms with van der Waals surface area (Å²) in [7, 11) is -3.64. The third kappa shape index (κ3) is 6.32. The number of carbonyl (C=O) groups is 2. The molecule has 0 spiro atoms. The zero-order valence-corrected chi connectivity index (χ0v) is 17.7. The fraction of sp³-hybridized carbons (Fsp3) is 0.364. The van der Waals surface area contributed by atoms with Crippen LogP contribution in [-0.2, 0) is 25.3 Å². The number of amides is 1. The highest BCUT2D eigenvalue weighted by Crippen LogP contribution is 2.17. The maximum atomic E-state index is 12.4. The molecule has 1 saturated heterocycles. The van der Waals surface area contributed by atoms with Crippen LogP contribution in [0.25, 0.3) is 0 Å². The zero-order valence-electron chi connectivity index (χ0n) is 16.9. The monoisotopic (exact) mass is 430 g/mol. The van der Waals surface area contributed by atoms with Crippen LogP contribution < -0.4 is 4.72 Å². The van der Waals surface area contributed by atoms with Crippen LogP contribution in [0.2, 0.25) is 0 Å². The summed E-state index contributed by atoms with van der Waals surface area (Å²) in [4.78, 5) is 26.3. The highest BCUT2D eigenvalue weighted by Gasteiger charge is 2.22. The summed E-state index contributed by atoms with van der Waals surface area (Å²) in [6.07, 6.45) is 2.04. The minimum absolute atomic E-state index is 0.175. The molecule has 1 unspecified atom stereocenters. The lowest BCUT2D eigenvalue weighted by Gasteiger charge is -2.30. The number of likely N-dealkylation sites (tertiary alicyclic amines) is 1. The molecule has 1 amide bonds. The van der Waals surface area contributed by atoms with Gasteiger partial charge in [0.2, 0.25) is 10.0 Å². The van der Waals surface area contributed by atoms with Crippen LogP contribution in [0.15, 0.2) is 54.6 Å². The van der Waals surface area contributed by atoms with Crippen molar-refractivity contribution in [1.82, 2.24) is 4.90 Å². The Kier molecular flexibility index (Phi) is 7.10. The van der Waals surface area contributed by atoms with Crippen molar-refractivity contribution < 1.29 is 22.7 Å². The van der Waals surface area contributed by atoms with Gasteiger partial charge in [0.15, 0.2) is 6.61 Å². The van der Waals surface area contributed by atoms with Gasteiger partial charge in [-0.1, -0.05) is 43.3 Å². The van der Waals surface area contributed by atoms with Gasteiger partial charge in [-0.15, -0.1) is 0 Å². The largest absolute Gasteiger partial charge is 0.452 e. The first kappa shape index (κ1) is 21.8. The van der Waals surface area contributed by atoms with Crippen LogP contribution in [0.1, 0.15) is 35.7 Å². The van der Waals surface area contributed by atoms with Gasteiger partial charge < -0.3 is 9.64 Å². The first-order chi connectivity index (χ1) is 14.3. The van der Waals surface area contributed by atoms with Gasteiger partial charge in [-0.3, -0.25) is 9.52 Å². The van der Waals surface area contributed by atoms with Gasteiger partial charge in [0.1, 0.15) is 0 Å². The molecule has 0 aromatic heterocycles. The van der Waals surface area contributed by atoms with Crippen molar-refractivity contribution in [1.29, 1.82) is 0 Å². The van der Waals surface area contributed by atoms with Crippen molar-refractivity contribution in [2.24, 2.45) is 5.92 Å². The van der Waals surface area contributed by atoms with Crippen molar-refractivity contribution in [3.8, 4) is 0 Å². The first-order valence-electron chi connectivity index (χ1n) is 9.92. The van der Waals surface area contributed by atoms with Gasteiger partial charge in [-0.25, -0.2) is 13.2 Å². The number of nitrogens with zero attached hydrogens (tertiary/aromatic N) is 1. The molecule has 1 fully saturated rings. The fourth-order valence-electron chi connectivity index (χ4n) is 3.44. The molecule has 1 atom stereocenters. The lowest BCUT2D eigenvalue weighted by molar-refractivity contribution is -0.136. The zero-order chi connectivity index (χ0) is 21.6. The lowest BCUT2D eigenvalue weighted by Crippen LogP contribution is -2.41. The second-order valence-electron chi connectivity index (χ2n) is 7.59. The second-order valence-corrected chi connectivity index (χ2v) is 9.31. The molecule has 3 rings (SSSR count). The predicted octanol–water partition coefficient (Wildman–Crippen LogP) is 3.04. The predicted molar refractivity (Wildman–Crippen MR) is 114 cm³/mol. The quantitative estimate of drug-likeness (QED) is 0.682. The normalized spacial score (nSPS) is 16.7. The Balaban J connectivity index is 1.57. The van der Waals surface area contributed by atoms with Crippen molar-refractivity contribution in [3.05, 3.63) is 65.7 Å².